The minimum atomic E-state index is -0.524. The van der Waals surface area contributed by atoms with Crippen molar-refractivity contribution >= 4 is 35.3 Å². The second-order valence-corrected chi connectivity index (χ2v) is 10.6. The van der Waals surface area contributed by atoms with Gasteiger partial charge < -0.3 is 15.1 Å². The van der Waals surface area contributed by atoms with Crippen molar-refractivity contribution in [3.8, 4) is 0 Å². The minimum Gasteiger partial charge on any atom is -0.341 e. The summed E-state index contributed by atoms with van der Waals surface area (Å²) >= 11 is 3.95. The van der Waals surface area contributed by atoms with E-state index in [1.165, 1.54) is 0 Å². The molecule has 0 aromatic rings. The summed E-state index contributed by atoms with van der Waals surface area (Å²) in [5.74, 6) is 2.43. The van der Waals surface area contributed by atoms with E-state index < -0.39 is 5.41 Å². The first-order valence-corrected chi connectivity index (χ1v) is 12.2. The molecule has 7 heteroatoms. The largest absolute Gasteiger partial charge is 0.341 e. The normalized spacial score (nSPS) is 32.7. The van der Waals surface area contributed by atoms with E-state index in [9.17, 15) is 9.59 Å². The van der Waals surface area contributed by atoms with Gasteiger partial charge in [0.25, 0.3) is 0 Å². The molecule has 0 saturated carbocycles. The van der Waals surface area contributed by atoms with Crippen molar-refractivity contribution < 1.29 is 9.59 Å². The Morgan fingerprint density at radius 2 is 1.65 bits per heavy atom. The Morgan fingerprint density at radius 3 is 2.23 bits per heavy atom. The third-order valence-corrected chi connectivity index (χ3v) is 8.76. The molecule has 3 saturated heterocycles. The fourth-order valence-corrected chi connectivity index (χ4v) is 6.59. The van der Waals surface area contributed by atoms with E-state index in [4.69, 9.17) is 0 Å². The van der Waals surface area contributed by atoms with E-state index in [1.807, 2.05) is 33.3 Å². The number of nitrogens with one attached hydrogen (secondary N) is 1. The van der Waals surface area contributed by atoms with Crippen LogP contribution in [0.25, 0.3) is 0 Å². The summed E-state index contributed by atoms with van der Waals surface area (Å²) in [6.45, 7) is 9.22. The van der Waals surface area contributed by atoms with Crippen molar-refractivity contribution in [2.45, 2.75) is 50.0 Å². The molecule has 0 aliphatic carbocycles. The van der Waals surface area contributed by atoms with Crippen LogP contribution in [-0.2, 0) is 9.59 Å². The molecule has 5 nitrogen and oxygen atoms in total. The van der Waals surface area contributed by atoms with Crippen molar-refractivity contribution in [1.29, 1.82) is 0 Å². The molecule has 0 spiro atoms. The second kappa shape index (κ2) is 9.20. The van der Waals surface area contributed by atoms with Crippen molar-refractivity contribution in [3.05, 3.63) is 0 Å². The molecule has 3 aliphatic rings. The summed E-state index contributed by atoms with van der Waals surface area (Å²) in [6.07, 6.45) is 3.37. The van der Waals surface area contributed by atoms with Gasteiger partial charge in [0.2, 0.25) is 11.8 Å². The van der Waals surface area contributed by atoms with Crippen LogP contribution < -0.4 is 5.32 Å². The predicted octanol–water partition coefficient (Wildman–Crippen LogP) is 2.06. The van der Waals surface area contributed by atoms with Crippen molar-refractivity contribution in [3.63, 3.8) is 0 Å². The predicted molar refractivity (Wildman–Crippen MR) is 111 cm³/mol. The quantitative estimate of drug-likeness (QED) is 0.767. The number of hydrogen-bond acceptors (Lipinski definition) is 5. The minimum absolute atomic E-state index is 0.180. The SMILES string of the molecule is CCC1CN(C(=O)CC2(C(=O)N3CCSC(CC)C3)CCNC2)CCS1. The van der Waals surface area contributed by atoms with E-state index in [0.717, 1.165) is 63.5 Å². The number of nitrogens with zero attached hydrogens (tertiary/aromatic N) is 2. The first kappa shape index (κ1) is 20.3. The van der Waals surface area contributed by atoms with E-state index in [-0.39, 0.29) is 11.8 Å². The van der Waals surface area contributed by atoms with Gasteiger partial charge in [0, 0.05) is 61.2 Å². The molecule has 0 aromatic heterocycles. The van der Waals surface area contributed by atoms with Crippen molar-refractivity contribution in [1.82, 2.24) is 15.1 Å². The van der Waals surface area contributed by atoms with Crippen LogP contribution in [-0.4, -0.2) is 82.9 Å². The number of amides is 2. The highest BCUT2D eigenvalue weighted by atomic mass is 32.2. The van der Waals surface area contributed by atoms with E-state index in [1.54, 1.807) is 0 Å². The Kier molecular flexibility index (Phi) is 7.19. The second-order valence-electron chi connectivity index (χ2n) is 7.78. The highest BCUT2D eigenvalue weighted by Gasteiger charge is 2.46. The van der Waals surface area contributed by atoms with Gasteiger partial charge in [-0.25, -0.2) is 0 Å². The monoisotopic (exact) mass is 399 g/mol. The summed E-state index contributed by atoms with van der Waals surface area (Å²) in [5.41, 5.74) is -0.524. The van der Waals surface area contributed by atoms with Gasteiger partial charge in [-0.3, -0.25) is 9.59 Å². The van der Waals surface area contributed by atoms with Crippen LogP contribution in [0.3, 0.4) is 0 Å². The highest BCUT2D eigenvalue weighted by molar-refractivity contribution is 8.00. The number of carbonyl (C=O) groups is 2. The molecule has 2 amide bonds. The van der Waals surface area contributed by atoms with Crippen LogP contribution in [0.4, 0.5) is 0 Å². The van der Waals surface area contributed by atoms with Gasteiger partial charge in [0.15, 0.2) is 0 Å². The number of carbonyl (C=O) groups excluding carboxylic acids is 2. The molecule has 3 fully saturated rings. The standard InChI is InChI=1S/C19H33N3O2S2/c1-3-15-12-21(7-9-25-15)17(23)11-19(5-6-20-14-19)18(24)22-8-10-26-16(4-2)13-22/h15-16,20H,3-14H2,1-2H3. The number of thioether (sulfide) groups is 2. The van der Waals surface area contributed by atoms with Gasteiger partial charge in [-0.15, -0.1) is 0 Å². The zero-order chi connectivity index (χ0) is 18.6. The zero-order valence-electron chi connectivity index (χ0n) is 16.2. The Labute approximate surface area is 166 Å². The maximum Gasteiger partial charge on any atom is 0.230 e. The third kappa shape index (κ3) is 4.53. The summed E-state index contributed by atoms with van der Waals surface area (Å²) in [6, 6.07) is 0. The molecular weight excluding hydrogens is 366 g/mol. The van der Waals surface area contributed by atoms with Crippen LogP contribution in [0.2, 0.25) is 0 Å². The number of rotatable bonds is 5. The lowest BCUT2D eigenvalue weighted by atomic mass is 9.81. The summed E-state index contributed by atoms with van der Waals surface area (Å²) < 4.78 is 0. The van der Waals surface area contributed by atoms with Crippen molar-refractivity contribution in [2.24, 2.45) is 5.41 Å². The molecule has 3 aliphatic heterocycles. The molecule has 0 bridgehead atoms. The van der Waals surface area contributed by atoms with Gasteiger partial charge in [-0.1, -0.05) is 13.8 Å². The topological polar surface area (TPSA) is 52.7 Å². The molecule has 26 heavy (non-hydrogen) atoms. The van der Waals surface area contributed by atoms with Gasteiger partial charge in [-0.05, 0) is 25.8 Å². The molecule has 3 heterocycles. The molecule has 3 rings (SSSR count). The van der Waals surface area contributed by atoms with Crippen LogP contribution >= 0.6 is 23.5 Å². The Hall–Kier alpha value is -0.400. The Balaban J connectivity index is 1.67. The van der Waals surface area contributed by atoms with Gasteiger partial charge in [-0.2, -0.15) is 23.5 Å². The first-order valence-electron chi connectivity index (χ1n) is 10.1. The summed E-state index contributed by atoms with van der Waals surface area (Å²) in [4.78, 5) is 30.5. The lowest BCUT2D eigenvalue weighted by molar-refractivity contribution is -0.147. The van der Waals surface area contributed by atoms with Crippen LogP contribution in [0.5, 0.6) is 0 Å². The van der Waals surface area contributed by atoms with Gasteiger partial charge in [0.05, 0.1) is 5.41 Å². The summed E-state index contributed by atoms with van der Waals surface area (Å²) in [5, 5.41) is 4.45. The maximum atomic E-state index is 13.4. The number of hydrogen-bond donors (Lipinski definition) is 1. The summed E-state index contributed by atoms with van der Waals surface area (Å²) in [7, 11) is 0. The molecule has 3 unspecified atom stereocenters. The molecular formula is C19H33N3O2S2. The van der Waals surface area contributed by atoms with Crippen LogP contribution in [0, 0.1) is 5.41 Å². The zero-order valence-corrected chi connectivity index (χ0v) is 17.8. The highest BCUT2D eigenvalue weighted by Crippen LogP contribution is 2.35. The average molecular weight is 400 g/mol. The first-order chi connectivity index (χ1) is 12.6. The molecule has 148 valence electrons. The van der Waals surface area contributed by atoms with Crippen molar-refractivity contribution in [2.75, 3.05) is 50.8 Å². The molecule has 0 aromatic carbocycles. The molecule has 3 atom stereocenters. The van der Waals surface area contributed by atoms with E-state index in [0.29, 0.717) is 23.5 Å². The molecule has 1 N–H and O–H groups in total. The third-order valence-electron chi connectivity index (χ3n) is 6.02. The lowest BCUT2D eigenvalue weighted by Gasteiger charge is -2.39. The fourth-order valence-electron chi connectivity index (χ4n) is 4.23. The lowest BCUT2D eigenvalue weighted by Crippen LogP contribution is -2.52. The van der Waals surface area contributed by atoms with E-state index >= 15 is 0 Å². The van der Waals surface area contributed by atoms with Gasteiger partial charge in [0.1, 0.15) is 0 Å². The Morgan fingerprint density at radius 1 is 1.04 bits per heavy atom. The van der Waals surface area contributed by atoms with Crippen LogP contribution in [0.1, 0.15) is 39.5 Å². The average Bonchev–Trinajstić information content (AvgIpc) is 3.17. The van der Waals surface area contributed by atoms with Crippen LogP contribution in [0.15, 0.2) is 0 Å². The maximum absolute atomic E-state index is 13.4. The van der Waals surface area contributed by atoms with E-state index in [2.05, 4.69) is 19.2 Å². The smallest absolute Gasteiger partial charge is 0.230 e. The van der Waals surface area contributed by atoms with Gasteiger partial charge >= 0.3 is 0 Å². The molecule has 0 radical (unpaired) electrons. The Bertz CT molecular complexity index is 511. The fraction of sp³-hybridized carbons (Fsp3) is 0.895.